The Balaban J connectivity index is 2.70. The van der Waals surface area contributed by atoms with Crippen molar-refractivity contribution in [2.75, 3.05) is 12.4 Å². The van der Waals surface area contributed by atoms with Gasteiger partial charge < -0.3 is 0 Å². The van der Waals surface area contributed by atoms with Crippen LogP contribution in [-0.4, -0.2) is 32.6 Å². The summed E-state index contributed by atoms with van der Waals surface area (Å²) in [7, 11) is 2.15. The van der Waals surface area contributed by atoms with Crippen molar-refractivity contribution in [1.29, 1.82) is 0 Å². The molecule has 0 unspecified atom stereocenters. The Morgan fingerprint density at radius 1 is 1.39 bits per heavy atom. The van der Waals surface area contributed by atoms with Crippen LogP contribution in [0.4, 0.5) is 0 Å². The lowest BCUT2D eigenvalue weighted by Crippen LogP contribution is -2.42. The summed E-state index contributed by atoms with van der Waals surface area (Å²) in [6.45, 7) is 9.80. The number of hydrogen-bond acceptors (Lipinski definition) is 2. The van der Waals surface area contributed by atoms with Gasteiger partial charge >= 0.3 is 0 Å². The third kappa shape index (κ3) is 3.82. The van der Waals surface area contributed by atoms with Crippen LogP contribution in [-0.2, 0) is 6.54 Å². The van der Waals surface area contributed by atoms with Gasteiger partial charge in [0.1, 0.15) is 0 Å². The third-order valence-electron chi connectivity index (χ3n) is 3.74. The van der Waals surface area contributed by atoms with E-state index in [-0.39, 0.29) is 5.54 Å². The summed E-state index contributed by atoms with van der Waals surface area (Å²) in [6.07, 6.45) is 4.39. The molecule has 18 heavy (non-hydrogen) atoms. The molecule has 1 heterocycles. The summed E-state index contributed by atoms with van der Waals surface area (Å²) in [5.41, 5.74) is 1.30. The number of hydrogen-bond donors (Lipinski definition) is 0. The van der Waals surface area contributed by atoms with Crippen molar-refractivity contribution in [3.05, 3.63) is 18.0 Å². The van der Waals surface area contributed by atoms with Crippen molar-refractivity contribution in [1.82, 2.24) is 14.7 Å². The molecule has 4 heteroatoms. The molecule has 3 nitrogen and oxygen atoms in total. The summed E-state index contributed by atoms with van der Waals surface area (Å²) < 4.78 is 2.12. The zero-order chi connectivity index (χ0) is 13.8. The van der Waals surface area contributed by atoms with Crippen LogP contribution >= 0.6 is 15.9 Å². The molecule has 1 aromatic rings. The predicted octanol–water partition coefficient (Wildman–Crippen LogP) is 3.85. The van der Waals surface area contributed by atoms with Crippen LogP contribution in [0.2, 0.25) is 0 Å². The van der Waals surface area contributed by atoms with Gasteiger partial charge in [-0.3, -0.25) is 9.58 Å². The number of alkyl halides is 1. The highest BCUT2D eigenvalue weighted by atomic mass is 79.9. The Morgan fingerprint density at radius 2 is 2.00 bits per heavy atom. The molecule has 0 N–H and O–H groups in total. The van der Waals surface area contributed by atoms with Gasteiger partial charge in [-0.25, -0.2) is 0 Å². The molecule has 0 atom stereocenters. The van der Waals surface area contributed by atoms with Crippen molar-refractivity contribution in [2.24, 2.45) is 0 Å². The van der Waals surface area contributed by atoms with E-state index < -0.39 is 0 Å². The van der Waals surface area contributed by atoms with Gasteiger partial charge in [0.25, 0.3) is 0 Å². The number of rotatable bonds is 7. The second-order valence-corrected chi connectivity index (χ2v) is 6.12. The highest BCUT2D eigenvalue weighted by Crippen LogP contribution is 2.19. The molecule has 0 aliphatic heterocycles. The molecule has 0 saturated heterocycles. The normalized spacial score (nSPS) is 12.7. The molecule has 0 aliphatic carbocycles. The fourth-order valence-electron chi connectivity index (χ4n) is 1.89. The highest BCUT2D eigenvalue weighted by Gasteiger charge is 2.22. The number of nitrogens with zero attached hydrogens (tertiary/aromatic N) is 3. The van der Waals surface area contributed by atoms with Crippen LogP contribution in [0.25, 0.3) is 0 Å². The van der Waals surface area contributed by atoms with E-state index >= 15 is 0 Å². The van der Waals surface area contributed by atoms with E-state index in [9.17, 15) is 0 Å². The van der Waals surface area contributed by atoms with E-state index in [2.05, 4.69) is 72.5 Å². The third-order valence-corrected chi connectivity index (χ3v) is 5.11. The van der Waals surface area contributed by atoms with Crippen molar-refractivity contribution in [3.8, 4) is 0 Å². The van der Waals surface area contributed by atoms with Crippen LogP contribution in [0.1, 0.15) is 52.3 Å². The van der Waals surface area contributed by atoms with Crippen LogP contribution in [0.15, 0.2) is 12.3 Å². The molecule has 104 valence electrons. The lowest BCUT2D eigenvalue weighted by atomic mass is 10.1. The largest absolute Gasteiger partial charge is 0.295 e. The molecule has 0 aromatic carbocycles. The first-order valence-electron chi connectivity index (χ1n) is 6.75. The molecule has 0 fully saturated rings. The molecular formula is C14H26BrN3. The molecule has 0 aliphatic rings. The summed E-state index contributed by atoms with van der Waals surface area (Å²) in [5, 5.41) is 5.66. The highest BCUT2D eigenvalue weighted by molar-refractivity contribution is 9.09. The average molecular weight is 316 g/mol. The van der Waals surface area contributed by atoms with E-state index in [1.807, 2.05) is 0 Å². The fourth-order valence-corrected chi connectivity index (χ4v) is 2.31. The van der Waals surface area contributed by atoms with Gasteiger partial charge in [-0.2, -0.15) is 5.10 Å². The summed E-state index contributed by atoms with van der Waals surface area (Å²) in [4.78, 5) is 2.33. The molecule has 0 saturated carbocycles. The maximum Gasteiger partial charge on any atom is 0.0764 e. The number of halogens is 1. The minimum atomic E-state index is 0.151. The van der Waals surface area contributed by atoms with Gasteiger partial charge in [0.2, 0.25) is 0 Å². The molecule has 0 spiro atoms. The summed E-state index contributed by atoms with van der Waals surface area (Å²) in [5.74, 6) is 0. The van der Waals surface area contributed by atoms with Crippen LogP contribution in [0.5, 0.6) is 0 Å². The Kier molecular flexibility index (Phi) is 5.86. The fraction of sp³-hybridized carbons (Fsp3) is 0.786. The predicted molar refractivity (Wildman–Crippen MR) is 81.2 cm³/mol. The van der Waals surface area contributed by atoms with E-state index in [0.717, 1.165) is 30.4 Å². The maximum absolute atomic E-state index is 4.70. The van der Waals surface area contributed by atoms with E-state index in [4.69, 9.17) is 5.10 Å². The maximum atomic E-state index is 4.70. The van der Waals surface area contributed by atoms with Gasteiger partial charge in [0.05, 0.1) is 11.7 Å². The first-order chi connectivity index (χ1) is 8.44. The van der Waals surface area contributed by atoms with E-state index in [1.54, 1.807) is 0 Å². The lowest BCUT2D eigenvalue weighted by Gasteiger charge is -2.33. The van der Waals surface area contributed by atoms with Crippen LogP contribution in [0.3, 0.4) is 0 Å². The molecule has 0 bridgehead atoms. The van der Waals surface area contributed by atoms with Gasteiger partial charge in [-0.05, 0) is 39.8 Å². The summed E-state index contributed by atoms with van der Waals surface area (Å²) in [6, 6.07) is 2.67. The SMILES string of the molecule is CCC(CC)n1ccc(CN(C)C(C)(C)CBr)n1. The van der Waals surface area contributed by atoms with E-state index in [0.29, 0.717) is 6.04 Å². The van der Waals surface area contributed by atoms with Crippen LogP contribution < -0.4 is 0 Å². The Morgan fingerprint density at radius 3 is 2.50 bits per heavy atom. The second-order valence-electron chi connectivity index (χ2n) is 5.56. The second kappa shape index (κ2) is 6.71. The summed E-state index contributed by atoms with van der Waals surface area (Å²) >= 11 is 3.57. The monoisotopic (exact) mass is 315 g/mol. The van der Waals surface area contributed by atoms with Gasteiger partial charge in [0, 0.05) is 23.6 Å². The molecular weight excluding hydrogens is 290 g/mol. The van der Waals surface area contributed by atoms with Crippen molar-refractivity contribution < 1.29 is 0 Å². The van der Waals surface area contributed by atoms with Crippen molar-refractivity contribution >= 4 is 15.9 Å². The minimum absolute atomic E-state index is 0.151. The molecule has 0 radical (unpaired) electrons. The van der Waals surface area contributed by atoms with Gasteiger partial charge in [0.15, 0.2) is 0 Å². The van der Waals surface area contributed by atoms with Crippen molar-refractivity contribution in [2.45, 2.75) is 58.7 Å². The zero-order valence-electron chi connectivity index (χ0n) is 12.3. The quantitative estimate of drug-likeness (QED) is 0.713. The molecule has 1 aromatic heterocycles. The molecule has 1 rings (SSSR count). The topological polar surface area (TPSA) is 21.1 Å². The zero-order valence-corrected chi connectivity index (χ0v) is 13.9. The smallest absolute Gasteiger partial charge is 0.0764 e. The van der Waals surface area contributed by atoms with Crippen molar-refractivity contribution in [3.63, 3.8) is 0 Å². The van der Waals surface area contributed by atoms with Crippen LogP contribution in [0, 0.1) is 0 Å². The molecule has 0 amide bonds. The lowest BCUT2D eigenvalue weighted by molar-refractivity contribution is 0.170. The first-order valence-corrected chi connectivity index (χ1v) is 7.88. The average Bonchev–Trinajstić information content (AvgIpc) is 2.79. The van der Waals surface area contributed by atoms with Gasteiger partial charge in [-0.15, -0.1) is 0 Å². The Labute approximate surface area is 120 Å². The first kappa shape index (κ1) is 15.7. The van der Waals surface area contributed by atoms with E-state index in [1.165, 1.54) is 0 Å². The minimum Gasteiger partial charge on any atom is -0.295 e. The Hall–Kier alpha value is -0.350. The van der Waals surface area contributed by atoms with Gasteiger partial charge in [-0.1, -0.05) is 29.8 Å². The standard InChI is InChI=1S/C14H26BrN3/c1-6-13(7-2)18-9-8-12(16-18)10-17(5)14(3,4)11-15/h8-9,13H,6-7,10-11H2,1-5H3. The Bertz CT molecular complexity index is 356. The number of aromatic nitrogens is 2.